The van der Waals surface area contributed by atoms with E-state index >= 15 is 0 Å². The smallest absolute Gasteiger partial charge is 0.277 e. The van der Waals surface area contributed by atoms with Crippen molar-refractivity contribution in [1.29, 1.82) is 0 Å². The zero-order valence-electron chi connectivity index (χ0n) is 9.54. The molecule has 0 aliphatic carbocycles. The molecule has 0 atom stereocenters. The Balaban J connectivity index is 1.81. The van der Waals surface area contributed by atoms with Gasteiger partial charge < -0.3 is 20.0 Å². The summed E-state index contributed by atoms with van der Waals surface area (Å²) >= 11 is 1.12. The van der Waals surface area contributed by atoms with Crippen LogP contribution in [-0.4, -0.2) is 27.0 Å². The lowest BCUT2D eigenvalue weighted by Gasteiger charge is -1.97. The van der Waals surface area contributed by atoms with E-state index in [1.807, 2.05) is 0 Å². The molecule has 0 radical (unpaired) electrons. The van der Waals surface area contributed by atoms with Gasteiger partial charge in [-0.15, -0.1) is 10.2 Å². The van der Waals surface area contributed by atoms with Gasteiger partial charge in [-0.25, -0.2) is 0 Å². The molecular formula is C9H11N5O3S. The van der Waals surface area contributed by atoms with Crippen molar-refractivity contribution >= 4 is 23.5 Å². The van der Waals surface area contributed by atoms with Crippen LogP contribution in [0, 0.1) is 6.92 Å². The van der Waals surface area contributed by atoms with Gasteiger partial charge in [0.25, 0.3) is 5.22 Å². The molecule has 9 heteroatoms. The van der Waals surface area contributed by atoms with Crippen molar-refractivity contribution in [3.05, 3.63) is 17.7 Å². The first-order valence-corrected chi connectivity index (χ1v) is 6.04. The number of nitrogens with zero attached hydrogens (tertiary/aromatic N) is 3. The fourth-order valence-electron chi connectivity index (χ4n) is 1.11. The number of nitrogens with one attached hydrogen (secondary N) is 1. The third kappa shape index (κ3) is 3.31. The fourth-order valence-corrected chi connectivity index (χ4v) is 1.69. The number of rotatable bonds is 5. The molecule has 1 amide bonds. The average Bonchev–Trinajstić information content (AvgIpc) is 2.95. The molecule has 2 aromatic rings. The highest BCUT2D eigenvalue weighted by Gasteiger charge is 2.10. The molecule has 0 aromatic carbocycles. The van der Waals surface area contributed by atoms with Crippen molar-refractivity contribution < 1.29 is 13.7 Å². The zero-order valence-corrected chi connectivity index (χ0v) is 10.4. The first-order chi connectivity index (χ1) is 8.67. The highest BCUT2D eigenvalue weighted by atomic mass is 32.2. The summed E-state index contributed by atoms with van der Waals surface area (Å²) in [5.74, 6) is 1.25. The molecule has 2 heterocycles. The summed E-state index contributed by atoms with van der Waals surface area (Å²) in [6.07, 6.45) is 0. The predicted molar refractivity (Wildman–Crippen MR) is 62.8 cm³/mol. The Hall–Kier alpha value is -1.87. The first-order valence-electron chi connectivity index (χ1n) is 5.06. The first kappa shape index (κ1) is 12.6. The second-order valence-electron chi connectivity index (χ2n) is 3.33. The lowest BCUT2D eigenvalue weighted by Crippen LogP contribution is -2.14. The number of nitrogens with two attached hydrogens (primary N) is 1. The summed E-state index contributed by atoms with van der Waals surface area (Å²) in [6, 6.07) is 1.63. The summed E-state index contributed by atoms with van der Waals surface area (Å²) < 4.78 is 9.96. The minimum atomic E-state index is -0.235. The Labute approximate surface area is 106 Å². The van der Waals surface area contributed by atoms with Gasteiger partial charge in [-0.3, -0.25) is 4.79 Å². The molecule has 0 spiro atoms. The van der Waals surface area contributed by atoms with E-state index in [2.05, 4.69) is 20.7 Å². The topological polar surface area (TPSA) is 120 Å². The molecule has 96 valence electrons. The maximum atomic E-state index is 11.5. The molecule has 0 bridgehead atoms. The number of aromatic nitrogens is 3. The second kappa shape index (κ2) is 5.65. The van der Waals surface area contributed by atoms with E-state index in [1.165, 1.54) is 0 Å². The number of anilines is 1. The Morgan fingerprint density at radius 2 is 2.39 bits per heavy atom. The summed E-state index contributed by atoms with van der Waals surface area (Å²) in [4.78, 5) is 11.5. The fraction of sp³-hybridized carbons (Fsp3) is 0.333. The maximum Gasteiger partial charge on any atom is 0.277 e. The van der Waals surface area contributed by atoms with Crippen LogP contribution in [0.3, 0.4) is 0 Å². The van der Waals surface area contributed by atoms with Gasteiger partial charge in [0.05, 0.1) is 12.3 Å². The van der Waals surface area contributed by atoms with Gasteiger partial charge in [0.1, 0.15) is 5.76 Å². The van der Waals surface area contributed by atoms with Crippen LogP contribution in [0.1, 0.15) is 11.7 Å². The molecule has 8 nitrogen and oxygen atoms in total. The van der Waals surface area contributed by atoms with E-state index in [1.54, 1.807) is 13.0 Å². The Morgan fingerprint density at radius 1 is 1.56 bits per heavy atom. The van der Waals surface area contributed by atoms with Crippen LogP contribution in [0.4, 0.5) is 5.82 Å². The van der Waals surface area contributed by atoms with E-state index in [-0.39, 0.29) is 18.2 Å². The van der Waals surface area contributed by atoms with Crippen LogP contribution in [0.25, 0.3) is 0 Å². The largest absolute Gasteiger partial charge is 0.415 e. The Morgan fingerprint density at radius 3 is 3.00 bits per heavy atom. The second-order valence-corrected chi connectivity index (χ2v) is 4.25. The minimum Gasteiger partial charge on any atom is -0.415 e. The molecule has 2 rings (SSSR count). The van der Waals surface area contributed by atoms with Crippen molar-refractivity contribution in [2.45, 2.75) is 18.7 Å². The third-order valence-electron chi connectivity index (χ3n) is 1.85. The summed E-state index contributed by atoms with van der Waals surface area (Å²) in [7, 11) is 0. The molecule has 18 heavy (non-hydrogen) atoms. The number of carbonyl (C=O) groups excluding carboxylic acids is 1. The lowest BCUT2D eigenvalue weighted by atomic mass is 10.5. The van der Waals surface area contributed by atoms with Crippen molar-refractivity contribution in [1.82, 2.24) is 15.4 Å². The normalized spacial score (nSPS) is 10.6. The van der Waals surface area contributed by atoms with Crippen LogP contribution >= 0.6 is 11.8 Å². The number of carbonyl (C=O) groups is 1. The van der Waals surface area contributed by atoms with E-state index in [9.17, 15) is 4.79 Å². The van der Waals surface area contributed by atoms with Gasteiger partial charge in [0.2, 0.25) is 11.8 Å². The maximum absolute atomic E-state index is 11.5. The highest BCUT2D eigenvalue weighted by molar-refractivity contribution is 7.99. The molecular weight excluding hydrogens is 258 g/mol. The molecule has 3 N–H and O–H groups in total. The van der Waals surface area contributed by atoms with Crippen molar-refractivity contribution in [2.24, 2.45) is 5.73 Å². The van der Waals surface area contributed by atoms with E-state index in [0.29, 0.717) is 22.7 Å². The lowest BCUT2D eigenvalue weighted by molar-refractivity contribution is -0.113. The summed E-state index contributed by atoms with van der Waals surface area (Å²) in [5.41, 5.74) is 5.32. The monoisotopic (exact) mass is 269 g/mol. The Kier molecular flexibility index (Phi) is 3.95. The van der Waals surface area contributed by atoms with Crippen LogP contribution in [0.15, 0.2) is 20.2 Å². The molecule has 0 saturated heterocycles. The summed E-state index contributed by atoms with van der Waals surface area (Å²) in [5, 5.41) is 13.9. The average molecular weight is 269 g/mol. The molecule has 0 saturated carbocycles. The molecule has 0 aliphatic heterocycles. The Bertz CT molecular complexity index is 538. The van der Waals surface area contributed by atoms with Crippen LogP contribution in [0.5, 0.6) is 0 Å². The number of hydrogen-bond donors (Lipinski definition) is 2. The van der Waals surface area contributed by atoms with Gasteiger partial charge in [-0.2, -0.15) is 0 Å². The number of thioether (sulfide) groups is 1. The van der Waals surface area contributed by atoms with Gasteiger partial charge in [-0.1, -0.05) is 16.9 Å². The van der Waals surface area contributed by atoms with E-state index < -0.39 is 0 Å². The van der Waals surface area contributed by atoms with E-state index in [0.717, 1.165) is 11.8 Å². The standard InChI is InChI=1S/C9H11N5O3S/c1-5-2-6(14-17-5)11-7(15)4-18-9-13-12-8(3-10)16-9/h2H,3-4,10H2,1H3,(H,11,14,15). The van der Waals surface area contributed by atoms with Crippen molar-refractivity contribution in [3.8, 4) is 0 Å². The van der Waals surface area contributed by atoms with Crippen molar-refractivity contribution in [2.75, 3.05) is 11.1 Å². The number of amides is 1. The van der Waals surface area contributed by atoms with Gasteiger partial charge in [-0.05, 0) is 6.92 Å². The summed E-state index contributed by atoms with van der Waals surface area (Å²) in [6.45, 7) is 1.92. The van der Waals surface area contributed by atoms with Crippen molar-refractivity contribution in [3.63, 3.8) is 0 Å². The molecule has 0 fully saturated rings. The van der Waals surface area contributed by atoms with Crippen LogP contribution in [-0.2, 0) is 11.3 Å². The quantitative estimate of drug-likeness (QED) is 0.755. The zero-order chi connectivity index (χ0) is 13.0. The minimum absolute atomic E-state index is 0.137. The predicted octanol–water partition coefficient (Wildman–Crippen LogP) is 0.556. The molecule has 0 aliphatic rings. The number of hydrogen-bond acceptors (Lipinski definition) is 8. The van der Waals surface area contributed by atoms with E-state index in [4.69, 9.17) is 14.7 Å². The van der Waals surface area contributed by atoms with Gasteiger partial charge >= 0.3 is 0 Å². The van der Waals surface area contributed by atoms with Crippen LogP contribution < -0.4 is 11.1 Å². The third-order valence-corrected chi connectivity index (χ3v) is 2.66. The number of aryl methyl sites for hydroxylation is 1. The molecule has 2 aromatic heterocycles. The highest BCUT2D eigenvalue weighted by Crippen LogP contribution is 2.16. The van der Waals surface area contributed by atoms with Gasteiger partial charge in [0.15, 0.2) is 5.82 Å². The van der Waals surface area contributed by atoms with Crippen LogP contribution in [0.2, 0.25) is 0 Å². The van der Waals surface area contributed by atoms with Gasteiger partial charge in [0, 0.05) is 6.07 Å². The molecule has 0 unspecified atom stereocenters. The SMILES string of the molecule is Cc1cc(NC(=O)CSc2nnc(CN)o2)no1.